The summed E-state index contributed by atoms with van der Waals surface area (Å²) in [4.78, 5) is 0. The van der Waals surface area contributed by atoms with Crippen molar-refractivity contribution in [2.75, 3.05) is 6.79 Å². The van der Waals surface area contributed by atoms with Gasteiger partial charge in [0.05, 0.1) is 5.69 Å². The average molecular weight is 428 g/mol. The van der Waals surface area contributed by atoms with Crippen molar-refractivity contribution in [3.8, 4) is 22.8 Å². The fraction of sp³-hybridized carbons (Fsp3) is 0.318. The quantitative estimate of drug-likeness (QED) is 0.487. The molecule has 4 rings (SSSR count). The number of benzene rings is 2. The van der Waals surface area contributed by atoms with Gasteiger partial charge in [-0.1, -0.05) is 46.2 Å². The van der Waals surface area contributed by atoms with Crippen molar-refractivity contribution >= 4 is 15.9 Å². The first-order valence-electron chi connectivity index (χ1n) is 9.20. The van der Waals surface area contributed by atoms with Gasteiger partial charge in [-0.25, -0.2) is 0 Å². The summed E-state index contributed by atoms with van der Waals surface area (Å²) in [5.74, 6) is 3.09. The third-order valence-electron chi connectivity index (χ3n) is 5.01. The second kappa shape index (κ2) is 7.77. The molecule has 27 heavy (non-hydrogen) atoms. The number of hydrogen-bond donors (Lipinski definition) is 0. The van der Waals surface area contributed by atoms with Crippen LogP contribution in [-0.2, 0) is 12.8 Å². The summed E-state index contributed by atoms with van der Waals surface area (Å²) >= 11 is 3.48. The Morgan fingerprint density at radius 1 is 1.07 bits per heavy atom. The predicted molar refractivity (Wildman–Crippen MR) is 108 cm³/mol. The van der Waals surface area contributed by atoms with Crippen LogP contribution >= 0.6 is 15.9 Å². The zero-order valence-electron chi connectivity index (χ0n) is 15.5. The van der Waals surface area contributed by atoms with Crippen molar-refractivity contribution in [2.45, 2.75) is 33.1 Å². The number of aromatic nitrogens is 1. The summed E-state index contributed by atoms with van der Waals surface area (Å²) in [5, 5.41) is 4.21. The molecule has 0 N–H and O–H groups in total. The molecule has 0 saturated carbocycles. The molecule has 0 radical (unpaired) electrons. The molecule has 4 nitrogen and oxygen atoms in total. The Balaban J connectivity index is 1.43. The molecule has 5 heteroatoms. The second-order valence-electron chi connectivity index (χ2n) is 7.12. The molecule has 0 aliphatic carbocycles. The van der Waals surface area contributed by atoms with E-state index in [1.165, 1.54) is 11.1 Å². The largest absolute Gasteiger partial charge is 0.454 e. The van der Waals surface area contributed by atoms with Crippen LogP contribution in [-0.4, -0.2) is 11.9 Å². The van der Waals surface area contributed by atoms with E-state index in [2.05, 4.69) is 52.3 Å². The van der Waals surface area contributed by atoms with Gasteiger partial charge in [0.15, 0.2) is 17.3 Å². The first kappa shape index (κ1) is 18.1. The van der Waals surface area contributed by atoms with E-state index in [1.54, 1.807) is 0 Å². The van der Waals surface area contributed by atoms with Crippen molar-refractivity contribution in [2.24, 2.45) is 5.92 Å². The Morgan fingerprint density at radius 2 is 1.85 bits per heavy atom. The van der Waals surface area contributed by atoms with Crippen LogP contribution in [0.15, 0.2) is 51.5 Å². The summed E-state index contributed by atoms with van der Waals surface area (Å²) in [6.07, 6.45) is 3.05. The lowest BCUT2D eigenvalue weighted by Gasteiger charge is -2.12. The molecule has 0 amide bonds. The van der Waals surface area contributed by atoms with Crippen LogP contribution in [0.1, 0.15) is 30.2 Å². The number of hydrogen-bond acceptors (Lipinski definition) is 4. The molecular formula is C22H22BrNO3. The Morgan fingerprint density at radius 3 is 2.67 bits per heavy atom. The van der Waals surface area contributed by atoms with Gasteiger partial charge in [-0.2, -0.15) is 0 Å². The van der Waals surface area contributed by atoms with Crippen molar-refractivity contribution < 1.29 is 14.0 Å². The Labute approximate surface area is 167 Å². The fourth-order valence-corrected chi connectivity index (χ4v) is 3.68. The van der Waals surface area contributed by atoms with E-state index in [4.69, 9.17) is 14.0 Å². The average Bonchev–Trinajstić information content (AvgIpc) is 3.27. The molecule has 1 atom stereocenters. The van der Waals surface area contributed by atoms with Gasteiger partial charge >= 0.3 is 0 Å². The molecule has 1 aliphatic rings. The van der Waals surface area contributed by atoms with Crippen LogP contribution in [0.3, 0.4) is 0 Å². The lowest BCUT2D eigenvalue weighted by atomic mass is 9.92. The topological polar surface area (TPSA) is 44.5 Å². The second-order valence-corrected chi connectivity index (χ2v) is 8.03. The molecule has 2 heterocycles. The summed E-state index contributed by atoms with van der Waals surface area (Å²) < 4.78 is 17.6. The van der Waals surface area contributed by atoms with Gasteiger partial charge in [0, 0.05) is 15.6 Å². The molecule has 0 bridgehead atoms. The highest BCUT2D eigenvalue weighted by Crippen LogP contribution is 2.34. The Hall–Kier alpha value is -2.27. The minimum Gasteiger partial charge on any atom is -0.454 e. The first-order chi connectivity index (χ1) is 13.1. The van der Waals surface area contributed by atoms with Gasteiger partial charge in [-0.3, -0.25) is 0 Å². The van der Waals surface area contributed by atoms with Crippen molar-refractivity contribution in [3.63, 3.8) is 0 Å². The zero-order valence-corrected chi connectivity index (χ0v) is 17.1. The van der Waals surface area contributed by atoms with Gasteiger partial charge < -0.3 is 14.0 Å². The standard InChI is InChI=1S/C22H22BrNO3/c1-14(3-4-16-5-10-20-21(12-16)26-13-25-20)11-19-15(2)24-27-22(19)17-6-8-18(23)9-7-17/h5-10,12,14H,3-4,11,13H2,1-2H3. The van der Waals surface area contributed by atoms with E-state index in [0.717, 1.165) is 52.3 Å². The molecule has 1 unspecified atom stereocenters. The van der Waals surface area contributed by atoms with Crippen LogP contribution in [0.25, 0.3) is 11.3 Å². The van der Waals surface area contributed by atoms with Crippen molar-refractivity contribution in [3.05, 3.63) is 63.8 Å². The van der Waals surface area contributed by atoms with Crippen molar-refractivity contribution in [1.82, 2.24) is 5.16 Å². The summed E-state index contributed by atoms with van der Waals surface area (Å²) in [6.45, 7) is 4.62. The highest BCUT2D eigenvalue weighted by molar-refractivity contribution is 9.10. The number of rotatable bonds is 6. The smallest absolute Gasteiger partial charge is 0.231 e. The fourth-order valence-electron chi connectivity index (χ4n) is 3.42. The van der Waals surface area contributed by atoms with E-state index < -0.39 is 0 Å². The minimum atomic E-state index is 0.320. The molecule has 140 valence electrons. The maximum Gasteiger partial charge on any atom is 0.231 e. The molecular weight excluding hydrogens is 406 g/mol. The molecule has 1 aliphatic heterocycles. The highest BCUT2D eigenvalue weighted by Gasteiger charge is 2.18. The normalized spacial score (nSPS) is 13.7. The molecule has 0 fully saturated rings. The van der Waals surface area contributed by atoms with Gasteiger partial charge in [0.1, 0.15) is 0 Å². The van der Waals surface area contributed by atoms with Gasteiger partial charge in [0.25, 0.3) is 0 Å². The monoisotopic (exact) mass is 427 g/mol. The van der Waals surface area contributed by atoms with E-state index in [-0.39, 0.29) is 0 Å². The lowest BCUT2D eigenvalue weighted by molar-refractivity contribution is 0.174. The lowest BCUT2D eigenvalue weighted by Crippen LogP contribution is -2.03. The molecule has 3 aromatic rings. The number of nitrogens with zero attached hydrogens (tertiary/aromatic N) is 1. The Bertz CT molecular complexity index is 933. The maximum absolute atomic E-state index is 5.64. The maximum atomic E-state index is 5.64. The number of aryl methyl sites for hydroxylation is 2. The zero-order chi connectivity index (χ0) is 18.8. The van der Waals surface area contributed by atoms with E-state index in [0.29, 0.717) is 12.7 Å². The van der Waals surface area contributed by atoms with E-state index in [9.17, 15) is 0 Å². The molecule has 1 aromatic heterocycles. The van der Waals surface area contributed by atoms with Gasteiger partial charge in [-0.05, 0) is 61.9 Å². The third-order valence-corrected chi connectivity index (χ3v) is 5.54. The summed E-state index contributed by atoms with van der Waals surface area (Å²) in [6, 6.07) is 14.4. The van der Waals surface area contributed by atoms with Crippen LogP contribution in [0.4, 0.5) is 0 Å². The highest BCUT2D eigenvalue weighted by atomic mass is 79.9. The third kappa shape index (κ3) is 4.03. The number of halogens is 1. The summed E-state index contributed by atoms with van der Waals surface area (Å²) in [7, 11) is 0. The molecule has 0 spiro atoms. The SMILES string of the molecule is Cc1noc(-c2ccc(Br)cc2)c1CC(C)CCc1ccc2c(c1)OCO2. The number of ether oxygens (including phenoxy) is 2. The Kier molecular flexibility index (Phi) is 5.21. The first-order valence-corrected chi connectivity index (χ1v) is 9.99. The van der Waals surface area contributed by atoms with E-state index in [1.807, 2.05) is 25.1 Å². The van der Waals surface area contributed by atoms with Crippen LogP contribution in [0.5, 0.6) is 11.5 Å². The number of fused-ring (bicyclic) bond motifs is 1. The predicted octanol–water partition coefficient (Wildman–Crippen LogP) is 5.95. The molecule has 2 aromatic carbocycles. The van der Waals surface area contributed by atoms with Crippen LogP contribution < -0.4 is 9.47 Å². The molecule has 0 saturated heterocycles. The van der Waals surface area contributed by atoms with Gasteiger partial charge in [-0.15, -0.1) is 0 Å². The van der Waals surface area contributed by atoms with E-state index >= 15 is 0 Å². The van der Waals surface area contributed by atoms with Gasteiger partial charge in [0.2, 0.25) is 6.79 Å². The minimum absolute atomic E-state index is 0.320. The van der Waals surface area contributed by atoms with Crippen LogP contribution in [0, 0.1) is 12.8 Å². The summed E-state index contributed by atoms with van der Waals surface area (Å²) in [5.41, 5.74) is 4.52. The van der Waals surface area contributed by atoms with Crippen LogP contribution in [0.2, 0.25) is 0 Å². The van der Waals surface area contributed by atoms with Crippen molar-refractivity contribution in [1.29, 1.82) is 0 Å².